The molecule has 0 bridgehead atoms. The van der Waals surface area contributed by atoms with Crippen molar-refractivity contribution in [2.24, 2.45) is 0 Å². The van der Waals surface area contributed by atoms with Gasteiger partial charge in [-0.25, -0.2) is 0 Å². The fourth-order valence-corrected chi connectivity index (χ4v) is 3.37. The Morgan fingerprint density at radius 3 is 2.74 bits per heavy atom. The van der Waals surface area contributed by atoms with Crippen LogP contribution in [0.1, 0.15) is 29.0 Å². The smallest absolute Gasteiger partial charge is 0.124 e. The quantitative estimate of drug-likeness (QED) is 0.882. The minimum absolute atomic E-state index is 0.0769. The summed E-state index contributed by atoms with van der Waals surface area (Å²) in [6.07, 6.45) is 0. The Kier molecular flexibility index (Phi) is 4.86. The van der Waals surface area contributed by atoms with Gasteiger partial charge in [0.05, 0.1) is 18.2 Å². The van der Waals surface area contributed by atoms with Crippen LogP contribution in [-0.2, 0) is 0 Å². The first-order valence-electron chi connectivity index (χ1n) is 6.28. The van der Waals surface area contributed by atoms with E-state index in [0.29, 0.717) is 0 Å². The van der Waals surface area contributed by atoms with E-state index in [1.165, 1.54) is 5.56 Å². The standard InChI is InChI=1S/C15H18ClNOS/c1-4-17-14(15-12(16)7-8-19-15)11-6-5-10(2)9-13(11)18-3/h5-9,14,17H,4H2,1-3H3. The van der Waals surface area contributed by atoms with Gasteiger partial charge in [0.25, 0.3) is 0 Å². The number of halogens is 1. The fraction of sp³-hybridized carbons (Fsp3) is 0.333. The molecule has 0 radical (unpaired) electrons. The summed E-state index contributed by atoms with van der Waals surface area (Å²) in [5.74, 6) is 0.899. The number of aryl methyl sites for hydroxylation is 1. The van der Waals surface area contributed by atoms with Crippen molar-refractivity contribution in [3.8, 4) is 5.75 Å². The topological polar surface area (TPSA) is 21.3 Å². The zero-order chi connectivity index (χ0) is 13.8. The first-order valence-corrected chi connectivity index (χ1v) is 7.54. The second kappa shape index (κ2) is 6.42. The van der Waals surface area contributed by atoms with Crippen molar-refractivity contribution in [3.63, 3.8) is 0 Å². The van der Waals surface area contributed by atoms with Crippen LogP contribution < -0.4 is 10.1 Å². The van der Waals surface area contributed by atoms with Crippen LogP contribution in [0.15, 0.2) is 29.6 Å². The number of methoxy groups -OCH3 is 1. The molecule has 0 amide bonds. The minimum Gasteiger partial charge on any atom is -0.496 e. The molecule has 1 heterocycles. The lowest BCUT2D eigenvalue weighted by Gasteiger charge is -2.20. The Labute approximate surface area is 123 Å². The zero-order valence-corrected chi connectivity index (χ0v) is 12.9. The highest BCUT2D eigenvalue weighted by molar-refractivity contribution is 7.10. The molecule has 0 spiro atoms. The van der Waals surface area contributed by atoms with Gasteiger partial charge in [0.15, 0.2) is 0 Å². The van der Waals surface area contributed by atoms with Crippen molar-refractivity contribution in [1.29, 1.82) is 0 Å². The van der Waals surface area contributed by atoms with Crippen molar-refractivity contribution in [2.75, 3.05) is 13.7 Å². The maximum atomic E-state index is 6.28. The third-order valence-corrected chi connectivity index (χ3v) is 4.44. The van der Waals surface area contributed by atoms with Gasteiger partial charge < -0.3 is 10.1 Å². The molecule has 2 aromatic rings. The Bertz CT molecular complexity index is 553. The van der Waals surface area contributed by atoms with E-state index < -0.39 is 0 Å². The van der Waals surface area contributed by atoms with E-state index in [4.69, 9.17) is 16.3 Å². The Hall–Kier alpha value is -1.03. The fourth-order valence-electron chi connectivity index (χ4n) is 2.12. The number of rotatable bonds is 5. The molecule has 19 heavy (non-hydrogen) atoms. The summed E-state index contributed by atoms with van der Waals surface area (Å²) in [4.78, 5) is 1.13. The van der Waals surface area contributed by atoms with Gasteiger partial charge >= 0.3 is 0 Å². The summed E-state index contributed by atoms with van der Waals surface area (Å²) in [5, 5.41) is 6.30. The van der Waals surface area contributed by atoms with Gasteiger partial charge in [0, 0.05) is 10.4 Å². The lowest BCUT2D eigenvalue weighted by Crippen LogP contribution is -2.22. The van der Waals surface area contributed by atoms with E-state index >= 15 is 0 Å². The monoisotopic (exact) mass is 295 g/mol. The van der Waals surface area contributed by atoms with Crippen LogP contribution in [0.2, 0.25) is 5.02 Å². The second-order valence-corrected chi connectivity index (χ2v) is 5.72. The Morgan fingerprint density at radius 2 is 2.16 bits per heavy atom. The van der Waals surface area contributed by atoms with Crippen LogP contribution in [0.25, 0.3) is 0 Å². The first-order chi connectivity index (χ1) is 9.17. The van der Waals surface area contributed by atoms with Crippen LogP contribution in [0, 0.1) is 6.92 Å². The van der Waals surface area contributed by atoms with Crippen LogP contribution in [-0.4, -0.2) is 13.7 Å². The van der Waals surface area contributed by atoms with Crippen LogP contribution in [0.4, 0.5) is 0 Å². The van der Waals surface area contributed by atoms with Gasteiger partial charge in [-0.05, 0) is 36.5 Å². The van der Waals surface area contributed by atoms with Gasteiger partial charge in [-0.15, -0.1) is 11.3 Å². The highest BCUT2D eigenvalue weighted by Gasteiger charge is 2.20. The minimum atomic E-state index is 0.0769. The first kappa shape index (κ1) is 14.4. The van der Waals surface area contributed by atoms with E-state index in [-0.39, 0.29) is 6.04 Å². The molecule has 0 saturated carbocycles. The predicted octanol–water partition coefficient (Wildman–Crippen LogP) is 4.42. The van der Waals surface area contributed by atoms with E-state index in [1.807, 2.05) is 11.4 Å². The molecular formula is C15H18ClNOS. The summed E-state index contributed by atoms with van der Waals surface area (Å²) in [6.45, 7) is 5.03. The van der Waals surface area contributed by atoms with Gasteiger partial charge in [0.2, 0.25) is 0 Å². The third-order valence-electron chi connectivity index (χ3n) is 3.02. The number of nitrogens with one attached hydrogen (secondary N) is 1. The summed E-state index contributed by atoms with van der Waals surface area (Å²) in [7, 11) is 1.71. The molecule has 0 aliphatic rings. The molecule has 1 aromatic heterocycles. The van der Waals surface area contributed by atoms with Crippen molar-refractivity contribution in [2.45, 2.75) is 19.9 Å². The predicted molar refractivity (Wildman–Crippen MR) is 82.6 cm³/mol. The Balaban J connectivity index is 2.48. The largest absolute Gasteiger partial charge is 0.496 e. The van der Waals surface area contributed by atoms with Crippen LogP contribution in [0.5, 0.6) is 5.75 Å². The number of ether oxygens (including phenoxy) is 1. The maximum absolute atomic E-state index is 6.28. The lowest BCUT2D eigenvalue weighted by atomic mass is 10.0. The molecule has 1 unspecified atom stereocenters. The zero-order valence-electron chi connectivity index (χ0n) is 11.4. The van der Waals surface area contributed by atoms with Crippen molar-refractivity contribution >= 4 is 22.9 Å². The molecule has 2 nitrogen and oxygen atoms in total. The lowest BCUT2D eigenvalue weighted by molar-refractivity contribution is 0.404. The Morgan fingerprint density at radius 1 is 1.37 bits per heavy atom. The van der Waals surface area contributed by atoms with E-state index in [2.05, 4.69) is 37.4 Å². The van der Waals surface area contributed by atoms with Crippen molar-refractivity contribution in [1.82, 2.24) is 5.32 Å². The molecule has 1 aromatic carbocycles. The van der Waals surface area contributed by atoms with Gasteiger partial charge in [0.1, 0.15) is 5.75 Å². The van der Waals surface area contributed by atoms with Crippen molar-refractivity contribution < 1.29 is 4.74 Å². The average Bonchev–Trinajstić information content (AvgIpc) is 2.82. The molecule has 0 fully saturated rings. The second-order valence-electron chi connectivity index (χ2n) is 4.37. The SMILES string of the molecule is CCNC(c1ccc(C)cc1OC)c1sccc1Cl. The van der Waals surface area contributed by atoms with E-state index in [1.54, 1.807) is 18.4 Å². The highest BCUT2D eigenvalue weighted by atomic mass is 35.5. The number of thiophene rings is 1. The molecule has 0 aliphatic carbocycles. The molecular weight excluding hydrogens is 278 g/mol. The summed E-state index contributed by atoms with van der Waals surface area (Å²) >= 11 is 7.94. The summed E-state index contributed by atoms with van der Waals surface area (Å²) in [5.41, 5.74) is 2.31. The molecule has 0 aliphatic heterocycles. The number of hydrogen-bond donors (Lipinski definition) is 1. The molecule has 1 N–H and O–H groups in total. The molecule has 1 atom stereocenters. The third kappa shape index (κ3) is 3.11. The van der Waals surface area contributed by atoms with Gasteiger partial charge in [-0.2, -0.15) is 0 Å². The summed E-state index contributed by atoms with van der Waals surface area (Å²) in [6, 6.07) is 8.28. The molecule has 4 heteroatoms. The van der Waals surface area contributed by atoms with Gasteiger partial charge in [-0.1, -0.05) is 30.7 Å². The number of benzene rings is 1. The number of hydrogen-bond acceptors (Lipinski definition) is 3. The highest BCUT2D eigenvalue weighted by Crippen LogP contribution is 2.37. The molecule has 0 saturated heterocycles. The van der Waals surface area contributed by atoms with Gasteiger partial charge in [-0.3, -0.25) is 0 Å². The summed E-state index contributed by atoms with van der Waals surface area (Å²) < 4.78 is 5.51. The average molecular weight is 296 g/mol. The van der Waals surface area contributed by atoms with Crippen molar-refractivity contribution in [3.05, 3.63) is 50.7 Å². The van der Waals surface area contributed by atoms with E-state index in [9.17, 15) is 0 Å². The van der Waals surface area contributed by atoms with Crippen LogP contribution >= 0.6 is 22.9 Å². The van der Waals surface area contributed by atoms with Crippen LogP contribution in [0.3, 0.4) is 0 Å². The maximum Gasteiger partial charge on any atom is 0.124 e. The molecule has 2 rings (SSSR count). The molecule has 102 valence electrons. The normalized spacial score (nSPS) is 12.4. The van der Waals surface area contributed by atoms with E-state index in [0.717, 1.165) is 27.8 Å².